The summed E-state index contributed by atoms with van der Waals surface area (Å²) in [5.74, 6) is 0. The van der Waals surface area contributed by atoms with Crippen molar-refractivity contribution in [2.45, 2.75) is 6.92 Å². The van der Waals surface area contributed by atoms with Crippen molar-refractivity contribution in [3.63, 3.8) is 0 Å². The third kappa shape index (κ3) is 1.23. The van der Waals surface area contributed by atoms with Gasteiger partial charge in [0.15, 0.2) is 0 Å². The fraction of sp³-hybridized carbons (Fsp3) is 0.0714. The van der Waals surface area contributed by atoms with Gasteiger partial charge in [0.05, 0.1) is 0 Å². The molecule has 1 N–H and O–H groups in total. The van der Waals surface area contributed by atoms with Crippen LogP contribution in [0.15, 0.2) is 47.3 Å². The van der Waals surface area contributed by atoms with Gasteiger partial charge in [0.2, 0.25) is 0 Å². The van der Waals surface area contributed by atoms with Crippen LogP contribution in [0.5, 0.6) is 0 Å². The lowest BCUT2D eigenvalue weighted by atomic mass is 10.0. The standard InChI is InChI=1S/C14H11NO/c1-9-6-7-13-12(8-9)10-4-2-3-5-11(10)14(16)15-13/h2-8H,1H3,(H,15,16). The Labute approximate surface area is 92.5 Å². The zero-order valence-electron chi connectivity index (χ0n) is 8.95. The summed E-state index contributed by atoms with van der Waals surface area (Å²) in [5.41, 5.74) is 2.07. The van der Waals surface area contributed by atoms with Crippen LogP contribution in [-0.2, 0) is 0 Å². The van der Waals surface area contributed by atoms with Crippen molar-refractivity contribution in [1.82, 2.24) is 4.98 Å². The molecule has 0 aliphatic rings. The molecule has 0 aliphatic heterocycles. The summed E-state index contributed by atoms with van der Waals surface area (Å²) in [6, 6.07) is 13.8. The van der Waals surface area contributed by atoms with Crippen LogP contribution in [0.3, 0.4) is 0 Å². The molecule has 0 saturated carbocycles. The van der Waals surface area contributed by atoms with Crippen molar-refractivity contribution < 1.29 is 0 Å². The predicted octanol–water partition coefficient (Wildman–Crippen LogP) is 2.99. The lowest BCUT2D eigenvalue weighted by Crippen LogP contribution is -2.05. The minimum atomic E-state index is -0.0213. The monoisotopic (exact) mass is 209 g/mol. The van der Waals surface area contributed by atoms with Crippen LogP contribution in [-0.4, -0.2) is 4.98 Å². The molecule has 2 aromatic carbocycles. The van der Waals surface area contributed by atoms with Crippen molar-refractivity contribution in [3.8, 4) is 0 Å². The van der Waals surface area contributed by atoms with Crippen LogP contribution < -0.4 is 5.56 Å². The van der Waals surface area contributed by atoms with Gasteiger partial charge in [-0.1, -0.05) is 29.8 Å². The van der Waals surface area contributed by atoms with E-state index in [9.17, 15) is 4.79 Å². The Hall–Kier alpha value is -2.09. The molecular formula is C14H11NO. The van der Waals surface area contributed by atoms with Crippen molar-refractivity contribution in [2.75, 3.05) is 0 Å². The number of aromatic amines is 1. The Morgan fingerprint density at radius 3 is 2.50 bits per heavy atom. The Kier molecular flexibility index (Phi) is 1.83. The number of hydrogen-bond donors (Lipinski definition) is 1. The quantitative estimate of drug-likeness (QED) is 0.567. The van der Waals surface area contributed by atoms with Crippen LogP contribution >= 0.6 is 0 Å². The van der Waals surface area contributed by atoms with E-state index in [1.807, 2.05) is 36.4 Å². The van der Waals surface area contributed by atoms with Crippen LogP contribution in [0.25, 0.3) is 21.7 Å². The largest absolute Gasteiger partial charge is 0.321 e. The molecule has 1 aromatic heterocycles. The molecule has 0 fully saturated rings. The molecule has 3 aromatic rings. The first-order valence-corrected chi connectivity index (χ1v) is 5.27. The number of aryl methyl sites for hydroxylation is 1. The SMILES string of the molecule is Cc1ccc2[nH]c(=O)c3ccccc3c2c1. The van der Waals surface area contributed by atoms with Gasteiger partial charge in [0, 0.05) is 16.3 Å². The molecule has 0 atom stereocenters. The lowest BCUT2D eigenvalue weighted by molar-refractivity contribution is 1.34. The molecule has 78 valence electrons. The summed E-state index contributed by atoms with van der Waals surface area (Å²) in [7, 11) is 0. The third-order valence-electron chi connectivity index (χ3n) is 2.89. The van der Waals surface area contributed by atoms with Crippen LogP contribution in [0.2, 0.25) is 0 Å². The van der Waals surface area contributed by atoms with Gasteiger partial charge in [0.25, 0.3) is 5.56 Å². The Bertz CT molecular complexity index is 740. The van der Waals surface area contributed by atoms with Gasteiger partial charge < -0.3 is 4.98 Å². The summed E-state index contributed by atoms with van der Waals surface area (Å²) in [6.45, 7) is 2.05. The van der Waals surface area contributed by atoms with Gasteiger partial charge in [-0.25, -0.2) is 0 Å². The fourth-order valence-corrected chi connectivity index (χ4v) is 2.10. The summed E-state index contributed by atoms with van der Waals surface area (Å²) in [6.07, 6.45) is 0. The number of rotatable bonds is 0. The zero-order valence-corrected chi connectivity index (χ0v) is 8.95. The molecule has 0 amide bonds. The second-order valence-corrected chi connectivity index (χ2v) is 4.05. The first kappa shape index (κ1) is 9.16. The summed E-state index contributed by atoms with van der Waals surface area (Å²) >= 11 is 0. The minimum Gasteiger partial charge on any atom is -0.321 e. The molecule has 2 nitrogen and oxygen atoms in total. The van der Waals surface area contributed by atoms with Gasteiger partial charge in [-0.2, -0.15) is 0 Å². The molecule has 1 heterocycles. The van der Waals surface area contributed by atoms with Gasteiger partial charge in [-0.15, -0.1) is 0 Å². The maximum Gasteiger partial charge on any atom is 0.256 e. The number of fused-ring (bicyclic) bond motifs is 3. The molecule has 0 spiro atoms. The molecule has 0 bridgehead atoms. The van der Waals surface area contributed by atoms with Gasteiger partial charge in [-0.05, 0) is 30.5 Å². The van der Waals surface area contributed by atoms with E-state index in [2.05, 4.69) is 18.0 Å². The van der Waals surface area contributed by atoms with Crippen LogP contribution in [0.4, 0.5) is 0 Å². The maximum atomic E-state index is 11.8. The van der Waals surface area contributed by atoms with Crippen molar-refractivity contribution in [2.24, 2.45) is 0 Å². The van der Waals surface area contributed by atoms with Gasteiger partial charge in [-0.3, -0.25) is 4.79 Å². The molecule has 0 aliphatic carbocycles. The van der Waals surface area contributed by atoms with Gasteiger partial charge in [0.1, 0.15) is 0 Å². The van der Waals surface area contributed by atoms with E-state index in [1.54, 1.807) is 0 Å². The number of hydrogen-bond acceptors (Lipinski definition) is 1. The normalized spacial score (nSPS) is 11.1. The van der Waals surface area contributed by atoms with E-state index >= 15 is 0 Å². The number of pyridine rings is 1. The summed E-state index contributed by atoms with van der Waals surface area (Å²) in [4.78, 5) is 14.7. The summed E-state index contributed by atoms with van der Waals surface area (Å²) < 4.78 is 0. The van der Waals surface area contributed by atoms with Crippen molar-refractivity contribution in [1.29, 1.82) is 0 Å². The molecule has 3 rings (SSSR count). The highest BCUT2D eigenvalue weighted by Gasteiger charge is 2.03. The Balaban J connectivity index is 2.66. The molecule has 0 radical (unpaired) electrons. The third-order valence-corrected chi connectivity index (χ3v) is 2.89. The fourth-order valence-electron chi connectivity index (χ4n) is 2.10. The second kappa shape index (κ2) is 3.20. The zero-order chi connectivity index (χ0) is 11.1. The van der Waals surface area contributed by atoms with E-state index in [1.165, 1.54) is 5.56 Å². The molecule has 2 heteroatoms. The molecule has 0 unspecified atom stereocenters. The van der Waals surface area contributed by atoms with E-state index in [4.69, 9.17) is 0 Å². The van der Waals surface area contributed by atoms with E-state index in [0.29, 0.717) is 0 Å². The highest BCUT2D eigenvalue weighted by Crippen LogP contribution is 2.21. The van der Waals surface area contributed by atoms with E-state index < -0.39 is 0 Å². The lowest BCUT2D eigenvalue weighted by Gasteiger charge is -2.04. The predicted molar refractivity (Wildman–Crippen MR) is 66.8 cm³/mol. The number of benzene rings is 2. The molecule has 0 saturated heterocycles. The average molecular weight is 209 g/mol. The van der Waals surface area contributed by atoms with Crippen LogP contribution in [0.1, 0.15) is 5.56 Å². The van der Waals surface area contributed by atoms with E-state index in [0.717, 1.165) is 21.7 Å². The Morgan fingerprint density at radius 2 is 1.69 bits per heavy atom. The highest BCUT2D eigenvalue weighted by atomic mass is 16.1. The first-order valence-electron chi connectivity index (χ1n) is 5.27. The topological polar surface area (TPSA) is 32.9 Å². The van der Waals surface area contributed by atoms with Crippen molar-refractivity contribution >= 4 is 21.7 Å². The molecule has 16 heavy (non-hydrogen) atoms. The van der Waals surface area contributed by atoms with Gasteiger partial charge >= 0.3 is 0 Å². The molecular weight excluding hydrogens is 198 g/mol. The number of nitrogens with one attached hydrogen (secondary N) is 1. The maximum absolute atomic E-state index is 11.8. The number of H-pyrrole nitrogens is 1. The smallest absolute Gasteiger partial charge is 0.256 e. The average Bonchev–Trinajstić information content (AvgIpc) is 2.31. The van der Waals surface area contributed by atoms with Crippen molar-refractivity contribution in [3.05, 3.63) is 58.4 Å². The Morgan fingerprint density at radius 1 is 0.938 bits per heavy atom. The second-order valence-electron chi connectivity index (χ2n) is 4.05. The first-order chi connectivity index (χ1) is 7.75. The minimum absolute atomic E-state index is 0.0213. The van der Waals surface area contributed by atoms with Crippen LogP contribution in [0, 0.1) is 6.92 Å². The highest BCUT2D eigenvalue weighted by molar-refractivity contribution is 6.05. The number of aromatic nitrogens is 1. The summed E-state index contributed by atoms with van der Waals surface area (Å²) in [5, 5.41) is 2.88. The van der Waals surface area contributed by atoms with E-state index in [-0.39, 0.29) is 5.56 Å².